The third-order valence-electron chi connectivity index (χ3n) is 2.21. The number of anilines is 3. The quantitative estimate of drug-likeness (QED) is 0.630. The van der Waals surface area contributed by atoms with E-state index in [1.807, 2.05) is 24.3 Å². The minimum atomic E-state index is 0.448. The van der Waals surface area contributed by atoms with Crippen LogP contribution in [0.1, 0.15) is 0 Å². The van der Waals surface area contributed by atoms with Crippen LogP contribution in [0.3, 0.4) is 0 Å². The van der Waals surface area contributed by atoms with Gasteiger partial charge in [-0.15, -0.1) is 0 Å². The predicted octanol–water partition coefficient (Wildman–Crippen LogP) is 2.12. The van der Waals surface area contributed by atoms with E-state index in [0.29, 0.717) is 11.6 Å². The third kappa shape index (κ3) is 2.86. The van der Waals surface area contributed by atoms with Crippen LogP contribution in [0, 0.1) is 11.5 Å². The zero-order valence-electron chi connectivity index (χ0n) is 9.71. The lowest BCUT2D eigenvalue weighted by molar-refractivity contribution is 0.415. The van der Waals surface area contributed by atoms with Crippen LogP contribution in [-0.4, -0.2) is 17.1 Å². The molecule has 0 aliphatic heterocycles. The Kier molecular flexibility index (Phi) is 3.56. The molecule has 6 nitrogen and oxygen atoms in total. The molecule has 18 heavy (non-hydrogen) atoms. The summed E-state index contributed by atoms with van der Waals surface area (Å²) in [5.41, 5.74) is 0.873. The Bertz CT molecular complexity index is 561. The fourth-order valence-corrected chi connectivity index (χ4v) is 1.37. The zero-order valence-corrected chi connectivity index (χ0v) is 9.71. The van der Waals surface area contributed by atoms with Gasteiger partial charge in [0.05, 0.1) is 7.11 Å². The van der Waals surface area contributed by atoms with Crippen molar-refractivity contribution in [2.24, 2.45) is 0 Å². The molecule has 6 heteroatoms. The van der Waals surface area contributed by atoms with E-state index < -0.39 is 0 Å². The van der Waals surface area contributed by atoms with Gasteiger partial charge in [0.1, 0.15) is 23.7 Å². The number of nitrogens with one attached hydrogen (secondary N) is 2. The number of nitrogens with zero attached hydrogens (tertiary/aromatic N) is 3. The lowest BCUT2D eigenvalue weighted by Gasteiger charge is -2.06. The number of methoxy groups -OCH3 is 1. The maximum atomic E-state index is 8.50. The second-order valence-corrected chi connectivity index (χ2v) is 3.38. The molecule has 0 saturated heterocycles. The minimum Gasteiger partial charge on any atom is -0.497 e. The molecular weight excluding hydrogens is 230 g/mol. The number of hydrogen-bond donors (Lipinski definition) is 2. The van der Waals surface area contributed by atoms with Crippen molar-refractivity contribution in [2.45, 2.75) is 0 Å². The smallest absolute Gasteiger partial charge is 0.182 e. The third-order valence-corrected chi connectivity index (χ3v) is 2.21. The molecule has 0 saturated carbocycles. The minimum absolute atomic E-state index is 0.448. The van der Waals surface area contributed by atoms with Crippen LogP contribution in [0.15, 0.2) is 36.7 Å². The fourth-order valence-electron chi connectivity index (χ4n) is 1.37. The number of nitriles is 1. The summed E-state index contributed by atoms with van der Waals surface area (Å²) in [6.07, 6.45) is 3.19. The van der Waals surface area contributed by atoms with Gasteiger partial charge in [0.2, 0.25) is 0 Å². The number of hydrogen-bond acceptors (Lipinski definition) is 6. The van der Waals surface area contributed by atoms with E-state index in [9.17, 15) is 0 Å². The Morgan fingerprint density at radius 2 is 1.89 bits per heavy atom. The summed E-state index contributed by atoms with van der Waals surface area (Å²) in [6, 6.07) is 9.08. The largest absolute Gasteiger partial charge is 0.497 e. The lowest BCUT2D eigenvalue weighted by Crippen LogP contribution is -1.97. The zero-order chi connectivity index (χ0) is 12.8. The Labute approximate surface area is 104 Å². The van der Waals surface area contributed by atoms with Crippen LogP contribution >= 0.6 is 0 Å². The van der Waals surface area contributed by atoms with Gasteiger partial charge < -0.3 is 10.1 Å². The molecule has 0 aliphatic carbocycles. The molecule has 0 amide bonds. The van der Waals surface area contributed by atoms with E-state index in [1.54, 1.807) is 19.4 Å². The van der Waals surface area contributed by atoms with E-state index in [-0.39, 0.29) is 0 Å². The van der Waals surface area contributed by atoms with Crippen LogP contribution in [-0.2, 0) is 0 Å². The average Bonchev–Trinajstić information content (AvgIpc) is 2.40. The molecular formula is C12H11N5O. The first-order chi connectivity index (χ1) is 8.81. The summed E-state index contributed by atoms with van der Waals surface area (Å²) >= 11 is 0. The summed E-state index contributed by atoms with van der Waals surface area (Å²) in [7, 11) is 1.62. The molecule has 0 spiro atoms. The molecule has 0 aliphatic rings. The standard InChI is InChI=1S/C12H11N5O/c1-18-10-4-2-9(3-5-10)17-12-6-11(14-7-13)15-8-16-12/h2-6,8H,1H3,(H2,14,15,16,17). The molecule has 1 heterocycles. The SMILES string of the molecule is COc1ccc(Nc2cc(NC#N)ncn2)cc1. The van der Waals surface area contributed by atoms with Crippen molar-refractivity contribution in [1.82, 2.24) is 9.97 Å². The molecule has 0 fully saturated rings. The molecule has 2 aromatic rings. The molecule has 0 bridgehead atoms. The normalized spacial score (nSPS) is 9.33. The Hall–Kier alpha value is -2.81. The Morgan fingerprint density at radius 3 is 2.56 bits per heavy atom. The van der Waals surface area contributed by atoms with Gasteiger partial charge >= 0.3 is 0 Å². The van der Waals surface area contributed by atoms with Crippen molar-refractivity contribution in [1.29, 1.82) is 5.26 Å². The van der Waals surface area contributed by atoms with Gasteiger partial charge in [0, 0.05) is 11.8 Å². The van der Waals surface area contributed by atoms with Crippen molar-refractivity contribution < 1.29 is 4.74 Å². The molecule has 0 radical (unpaired) electrons. The highest BCUT2D eigenvalue weighted by atomic mass is 16.5. The van der Waals surface area contributed by atoms with Crippen molar-refractivity contribution in [3.8, 4) is 11.9 Å². The molecule has 2 rings (SSSR count). The summed E-state index contributed by atoms with van der Waals surface area (Å²) in [5, 5.41) is 14.0. The maximum absolute atomic E-state index is 8.50. The van der Waals surface area contributed by atoms with Gasteiger partial charge in [-0.1, -0.05) is 0 Å². The highest BCUT2D eigenvalue weighted by Crippen LogP contribution is 2.19. The van der Waals surface area contributed by atoms with Crippen molar-refractivity contribution in [3.05, 3.63) is 36.7 Å². The summed E-state index contributed by atoms with van der Waals surface area (Å²) < 4.78 is 5.07. The van der Waals surface area contributed by atoms with E-state index in [0.717, 1.165) is 11.4 Å². The molecule has 1 aromatic carbocycles. The molecule has 0 unspecified atom stereocenters. The summed E-state index contributed by atoms with van der Waals surface area (Å²) in [4.78, 5) is 7.95. The van der Waals surface area contributed by atoms with Gasteiger partial charge in [0.15, 0.2) is 6.19 Å². The van der Waals surface area contributed by atoms with Crippen molar-refractivity contribution in [3.63, 3.8) is 0 Å². The van der Waals surface area contributed by atoms with Crippen LogP contribution in [0.2, 0.25) is 0 Å². The Morgan fingerprint density at radius 1 is 1.17 bits per heavy atom. The van der Waals surface area contributed by atoms with E-state index in [2.05, 4.69) is 20.6 Å². The van der Waals surface area contributed by atoms with E-state index >= 15 is 0 Å². The van der Waals surface area contributed by atoms with E-state index in [4.69, 9.17) is 10.00 Å². The summed E-state index contributed by atoms with van der Waals surface area (Å²) in [5.74, 6) is 1.84. The average molecular weight is 241 g/mol. The van der Waals surface area contributed by atoms with Gasteiger partial charge in [0.25, 0.3) is 0 Å². The second-order valence-electron chi connectivity index (χ2n) is 3.38. The van der Waals surface area contributed by atoms with Crippen molar-refractivity contribution in [2.75, 3.05) is 17.7 Å². The topological polar surface area (TPSA) is 82.9 Å². The first-order valence-corrected chi connectivity index (χ1v) is 5.20. The molecule has 1 aromatic heterocycles. The first-order valence-electron chi connectivity index (χ1n) is 5.20. The van der Waals surface area contributed by atoms with Crippen LogP contribution < -0.4 is 15.4 Å². The maximum Gasteiger partial charge on any atom is 0.182 e. The lowest BCUT2D eigenvalue weighted by atomic mass is 10.3. The van der Waals surface area contributed by atoms with Crippen LogP contribution in [0.5, 0.6) is 5.75 Å². The number of rotatable bonds is 4. The van der Waals surface area contributed by atoms with Crippen LogP contribution in [0.4, 0.5) is 17.3 Å². The number of ether oxygens (including phenoxy) is 1. The molecule has 90 valence electrons. The van der Waals surface area contributed by atoms with Gasteiger partial charge in [-0.3, -0.25) is 5.32 Å². The monoisotopic (exact) mass is 241 g/mol. The predicted molar refractivity (Wildman–Crippen MR) is 67.5 cm³/mol. The fraction of sp³-hybridized carbons (Fsp3) is 0.0833. The van der Waals surface area contributed by atoms with E-state index in [1.165, 1.54) is 6.33 Å². The highest BCUT2D eigenvalue weighted by molar-refractivity contribution is 5.59. The van der Waals surface area contributed by atoms with Crippen LogP contribution in [0.25, 0.3) is 0 Å². The second kappa shape index (κ2) is 5.50. The number of aromatic nitrogens is 2. The summed E-state index contributed by atoms with van der Waals surface area (Å²) in [6.45, 7) is 0. The number of benzene rings is 1. The first kappa shape index (κ1) is 11.7. The highest BCUT2D eigenvalue weighted by Gasteiger charge is 1.99. The van der Waals surface area contributed by atoms with Gasteiger partial charge in [-0.05, 0) is 24.3 Å². The van der Waals surface area contributed by atoms with Gasteiger partial charge in [-0.25, -0.2) is 9.97 Å². The Balaban J connectivity index is 2.12. The van der Waals surface area contributed by atoms with Crippen molar-refractivity contribution >= 4 is 17.3 Å². The molecule has 2 N–H and O–H groups in total. The molecule has 0 atom stereocenters. The van der Waals surface area contributed by atoms with Gasteiger partial charge in [-0.2, -0.15) is 5.26 Å².